The zero-order chi connectivity index (χ0) is 21.1. The molecular weight excluding hydrogens is 499 g/mol. The van der Waals surface area contributed by atoms with Crippen LogP contribution < -0.4 is 10.6 Å². The lowest BCUT2D eigenvalue weighted by molar-refractivity contribution is 0.439. The lowest BCUT2D eigenvalue weighted by Gasteiger charge is -2.44. The number of hydrogen-bond donors (Lipinski definition) is 2. The summed E-state index contributed by atoms with van der Waals surface area (Å²) in [7, 11) is 0. The molecule has 0 fully saturated rings. The summed E-state index contributed by atoms with van der Waals surface area (Å²) >= 11 is 18.7. The number of benzene rings is 2. The number of rotatable bonds is 5. The smallest absolute Gasteiger partial charge is 0.195 e. The predicted octanol–water partition coefficient (Wildman–Crippen LogP) is 7.67. The molecule has 4 rings (SSSR count). The van der Waals surface area contributed by atoms with Crippen molar-refractivity contribution in [2.75, 3.05) is 5.75 Å². The quantitative estimate of drug-likeness (QED) is 0.239. The van der Waals surface area contributed by atoms with Crippen LogP contribution in [0, 0.1) is 0 Å². The standard InChI is InChI=1S/C24H23BrCl2N2S/c1-2-14-30-24(25)28-22-17(15-16-8-3-5-12-20(16)26)9-7-11-19(22)23(29-24)18-10-4-6-13-21(18)27/h2-6,8,10,12-13,15,23,28-29H,1,7,9,11,14H2/b17-15-/t23-,24+/m1/s1. The van der Waals surface area contributed by atoms with Crippen LogP contribution in [0.4, 0.5) is 0 Å². The minimum atomic E-state index is -0.527. The van der Waals surface area contributed by atoms with Crippen molar-refractivity contribution < 1.29 is 0 Å². The summed E-state index contributed by atoms with van der Waals surface area (Å²) in [5.74, 6) is 0.798. The molecule has 2 nitrogen and oxygen atoms in total. The maximum atomic E-state index is 6.62. The van der Waals surface area contributed by atoms with Gasteiger partial charge in [0.25, 0.3) is 0 Å². The predicted molar refractivity (Wildman–Crippen MR) is 135 cm³/mol. The zero-order valence-electron chi connectivity index (χ0n) is 16.4. The van der Waals surface area contributed by atoms with Crippen molar-refractivity contribution in [1.29, 1.82) is 0 Å². The monoisotopic (exact) mass is 520 g/mol. The van der Waals surface area contributed by atoms with Crippen LogP contribution in [0.25, 0.3) is 6.08 Å². The summed E-state index contributed by atoms with van der Waals surface area (Å²) in [6.45, 7) is 3.87. The molecule has 0 saturated carbocycles. The van der Waals surface area contributed by atoms with Gasteiger partial charge in [0.05, 0.1) is 6.04 Å². The van der Waals surface area contributed by atoms with Gasteiger partial charge >= 0.3 is 0 Å². The Labute approximate surface area is 200 Å². The van der Waals surface area contributed by atoms with Crippen LogP contribution >= 0.6 is 50.9 Å². The number of hydrogen-bond acceptors (Lipinski definition) is 3. The Morgan fingerprint density at radius 3 is 2.57 bits per heavy atom. The molecule has 0 saturated heterocycles. The van der Waals surface area contributed by atoms with Crippen LogP contribution in [0.2, 0.25) is 10.0 Å². The van der Waals surface area contributed by atoms with E-state index < -0.39 is 3.90 Å². The highest BCUT2D eigenvalue weighted by molar-refractivity contribution is 9.11. The molecule has 1 aliphatic heterocycles. The molecule has 2 atom stereocenters. The van der Waals surface area contributed by atoms with E-state index in [0.717, 1.165) is 46.2 Å². The van der Waals surface area contributed by atoms with Crippen molar-refractivity contribution in [3.63, 3.8) is 0 Å². The van der Waals surface area contributed by atoms with Gasteiger partial charge in [0.15, 0.2) is 3.90 Å². The highest BCUT2D eigenvalue weighted by atomic mass is 79.9. The molecule has 156 valence electrons. The van der Waals surface area contributed by atoms with E-state index in [2.05, 4.69) is 51.4 Å². The normalized spacial score (nSPS) is 25.0. The topological polar surface area (TPSA) is 24.1 Å². The Morgan fingerprint density at radius 1 is 1.10 bits per heavy atom. The first-order valence-electron chi connectivity index (χ1n) is 9.93. The fourth-order valence-electron chi connectivity index (χ4n) is 3.99. The van der Waals surface area contributed by atoms with Crippen LogP contribution in [0.3, 0.4) is 0 Å². The minimum absolute atomic E-state index is 0.0154. The lowest BCUT2D eigenvalue weighted by atomic mass is 9.83. The van der Waals surface area contributed by atoms with E-state index >= 15 is 0 Å². The second kappa shape index (κ2) is 9.54. The van der Waals surface area contributed by atoms with Gasteiger partial charge in [-0.25, -0.2) is 0 Å². The summed E-state index contributed by atoms with van der Waals surface area (Å²) in [6, 6.07) is 16.1. The average molecular weight is 522 g/mol. The summed E-state index contributed by atoms with van der Waals surface area (Å²) in [5, 5.41) is 9.00. The maximum Gasteiger partial charge on any atom is 0.195 e. The largest absolute Gasteiger partial charge is 0.349 e. The van der Waals surface area contributed by atoms with E-state index in [4.69, 9.17) is 23.2 Å². The molecule has 2 aliphatic rings. The highest BCUT2D eigenvalue weighted by Crippen LogP contribution is 2.46. The van der Waals surface area contributed by atoms with Crippen molar-refractivity contribution >= 4 is 57.0 Å². The van der Waals surface area contributed by atoms with Crippen LogP contribution in [0.15, 0.2) is 78.0 Å². The average Bonchev–Trinajstić information content (AvgIpc) is 2.74. The number of thioether (sulfide) groups is 1. The van der Waals surface area contributed by atoms with Crippen LogP contribution in [0.5, 0.6) is 0 Å². The second-order valence-electron chi connectivity index (χ2n) is 7.36. The molecule has 2 aromatic rings. The first kappa shape index (κ1) is 22.0. The molecule has 1 aliphatic carbocycles. The zero-order valence-corrected chi connectivity index (χ0v) is 20.3. The number of halogens is 3. The molecule has 0 unspecified atom stereocenters. The van der Waals surface area contributed by atoms with Crippen LogP contribution in [0.1, 0.15) is 36.4 Å². The molecular formula is C24H23BrCl2N2S. The summed E-state index contributed by atoms with van der Waals surface area (Å²) in [6.07, 6.45) is 7.23. The van der Waals surface area contributed by atoms with E-state index in [1.54, 1.807) is 11.8 Å². The van der Waals surface area contributed by atoms with Gasteiger partial charge < -0.3 is 5.32 Å². The van der Waals surface area contributed by atoms with Crippen molar-refractivity contribution in [3.05, 3.63) is 99.2 Å². The molecule has 30 heavy (non-hydrogen) atoms. The first-order chi connectivity index (χ1) is 14.5. The SMILES string of the molecule is C=CCS[C@@]1(Br)NC2=C(CCC/C2=C/c2ccccc2Cl)[C@@H](c2ccccc2Cl)N1. The second-order valence-corrected chi connectivity index (χ2v) is 11.1. The fraction of sp³-hybridized carbons (Fsp3) is 0.250. The molecule has 0 spiro atoms. The van der Waals surface area contributed by atoms with Gasteiger partial charge in [-0.1, -0.05) is 65.7 Å². The van der Waals surface area contributed by atoms with Crippen molar-refractivity contribution in [3.8, 4) is 0 Å². The Bertz CT molecular complexity index is 1020. The van der Waals surface area contributed by atoms with E-state index in [0.29, 0.717) is 0 Å². The third kappa shape index (κ3) is 4.68. The number of nitrogens with one attached hydrogen (secondary N) is 2. The highest BCUT2D eigenvalue weighted by Gasteiger charge is 2.40. The summed E-state index contributed by atoms with van der Waals surface area (Å²) in [5.41, 5.74) is 5.91. The Morgan fingerprint density at radius 2 is 1.83 bits per heavy atom. The molecule has 0 amide bonds. The van der Waals surface area contributed by atoms with E-state index in [9.17, 15) is 0 Å². The van der Waals surface area contributed by atoms with Crippen LogP contribution in [-0.4, -0.2) is 9.66 Å². The third-order valence-electron chi connectivity index (χ3n) is 5.35. The summed E-state index contributed by atoms with van der Waals surface area (Å²) < 4.78 is -0.527. The van der Waals surface area contributed by atoms with Gasteiger partial charge in [-0.05, 0) is 75.7 Å². The van der Waals surface area contributed by atoms with Crippen molar-refractivity contribution in [2.45, 2.75) is 29.2 Å². The molecule has 2 N–H and O–H groups in total. The maximum absolute atomic E-state index is 6.62. The van der Waals surface area contributed by atoms with Crippen molar-refractivity contribution in [2.24, 2.45) is 0 Å². The van der Waals surface area contributed by atoms with Gasteiger partial charge in [0, 0.05) is 21.5 Å². The van der Waals surface area contributed by atoms with Gasteiger partial charge in [0.2, 0.25) is 0 Å². The minimum Gasteiger partial charge on any atom is -0.349 e. The molecule has 2 aromatic carbocycles. The molecule has 1 heterocycles. The fourth-order valence-corrected chi connectivity index (χ4v) is 5.98. The van der Waals surface area contributed by atoms with E-state index in [-0.39, 0.29) is 6.04 Å². The molecule has 0 bridgehead atoms. The van der Waals surface area contributed by atoms with Gasteiger partial charge in [0.1, 0.15) is 0 Å². The number of alkyl halides is 1. The summed E-state index contributed by atoms with van der Waals surface area (Å²) in [4.78, 5) is 0. The number of allylic oxidation sites excluding steroid dienone is 1. The van der Waals surface area contributed by atoms with Gasteiger partial charge in [-0.15, -0.1) is 18.3 Å². The Hall–Kier alpha value is -1.17. The molecule has 6 heteroatoms. The van der Waals surface area contributed by atoms with Crippen molar-refractivity contribution in [1.82, 2.24) is 10.6 Å². The molecule has 0 radical (unpaired) electrons. The van der Waals surface area contributed by atoms with E-state index in [1.807, 2.05) is 42.5 Å². The Kier molecular flexibility index (Phi) is 7.01. The third-order valence-corrected chi connectivity index (χ3v) is 8.17. The van der Waals surface area contributed by atoms with Crippen LogP contribution in [-0.2, 0) is 0 Å². The van der Waals surface area contributed by atoms with Gasteiger partial charge in [-0.2, -0.15) is 0 Å². The Balaban J connectivity index is 1.82. The lowest BCUT2D eigenvalue weighted by Crippen LogP contribution is -2.55. The molecule has 0 aromatic heterocycles. The van der Waals surface area contributed by atoms with E-state index in [1.165, 1.54) is 16.8 Å². The first-order valence-corrected chi connectivity index (χ1v) is 12.5. The van der Waals surface area contributed by atoms with Gasteiger partial charge in [-0.3, -0.25) is 5.32 Å².